The van der Waals surface area contributed by atoms with Gasteiger partial charge in [-0.25, -0.2) is 9.37 Å². The van der Waals surface area contributed by atoms with Crippen molar-refractivity contribution in [3.63, 3.8) is 0 Å². The van der Waals surface area contributed by atoms with E-state index in [2.05, 4.69) is 30.9 Å². The molecular weight excluding hydrogens is 433 g/mol. The molecule has 4 rings (SSSR count). The standard InChI is InChI=1S/C25H32FN7O/c1-2-28-25-31-22(15-23(32-25)33-13-12-27-17-33)30-21(14-18-6-4-3-5-7-18)24(34)29-16-19-8-10-20(26)11-9-19/h8-13,15,17-18,21H,2-7,14,16H2,1H3,(H,29,34)(H2,28,30,31,32)/t21-/m1/s1. The van der Waals surface area contributed by atoms with Crippen LogP contribution in [0.5, 0.6) is 0 Å². The summed E-state index contributed by atoms with van der Waals surface area (Å²) in [5.41, 5.74) is 0.852. The highest BCUT2D eigenvalue weighted by Gasteiger charge is 2.25. The van der Waals surface area contributed by atoms with Gasteiger partial charge in [0.1, 0.15) is 29.8 Å². The van der Waals surface area contributed by atoms with Crippen LogP contribution in [0.4, 0.5) is 16.2 Å². The summed E-state index contributed by atoms with van der Waals surface area (Å²) < 4.78 is 15.0. The van der Waals surface area contributed by atoms with E-state index in [0.717, 1.165) is 24.8 Å². The fourth-order valence-electron chi connectivity index (χ4n) is 4.35. The Morgan fingerprint density at radius 3 is 2.68 bits per heavy atom. The van der Waals surface area contributed by atoms with E-state index in [1.54, 1.807) is 29.2 Å². The Morgan fingerprint density at radius 2 is 1.97 bits per heavy atom. The number of carbonyl (C=O) groups is 1. The lowest BCUT2D eigenvalue weighted by atomic mass is 9.84. The normalized spacial score (nSPS) is 15.0. The van der Waals surface area contributed by atoms with Gasteiger partial charge in [-0.05, 0) is 37.0 Å². The highest BCUT2D eigenvalue weighted by molar-refractivity contribution is 5.84. The van der Waals surface area contributed by atoms with Gasteiger partial charge in [-0.15, -0.1) is 0 Å². The van der Waals surface area contributed by atoms with Crippen molar-refractivity contribution >= 4 is 17.7 Å². The number of amides is 1. The summed E-state index contributed by atoms with van der Waals surface area (Å²) in [4.78, 5) is 26.5. The Bertz CT molecular complexity index is 1050. The first kappa shape index (κ1) is 23.7. The van der Waals surface area contributed by atoms with Gasteiger partial charge in [0.15, 0.2) is 0 Å². The number of hydrogen-bond donors (Lipinski definition) is 3. The van der Waals surface area contributed by atoms with Crippen molar-refractivity contribution in [2.45, 2.75) is 58.0 Å². The van der Waals surface area contributed by atoms with Gasteiger partial charge in [-0.1, -0.05) is 44.2 Å². The molecule has 180 valence electrons. The zero-order valence-electron chi connectivity index (χ0n) is 19.5. The molecule has 1 fully saturated rings. The molecule has 0 radical (unpaired) electrons. The fraction of sp³-hybridized carbons (Fsp3) is 0.440. The van der Waals surface area contributed by atoms with E-state index >= 15 is 0 Å². The van der Waals surface area contributed by atoms with Gasteiger partial charge in [0.2, 0.25) is 11.9 Å². The molecule has 0 saturated heterocycles. The average Bonchev–Trinajstić information content (AvgIpc) is 3.39. The number of anilines is 2. The predicted octanol–water partition coefficient (Wildman–Crippen LogP) is 4.30. The SMILES string of the molecule is CCNc1nc(N[C@H](CC2CCCCC2)C(=O)NCc2ccc(F)cc2)cc(-n2ccnc2)n1. The quantitative estimate of drug-likeness (QED) is 0.413. The summed E-state index contributed by atoms with van der Waals surface area (Å²) in [6.45, 7) is 3.00. The van der Waals surface area contributed by atoms with Crippen molar-refractivity contribution in [1.29, 1.82) is 0 Å². The number of nitrogens with zero attached hydrogens (tertiary/aromatic N) is 4. The van der Waals surface area contributed by atoms with Crippen molar-refractivity contribution in [2.75, 3.05) is 17.2 Å². The lowest BCUT2D eigenvalue weighted by Gasteiger charge is -2.27. The maximum Gasteiger partial charge on any atom is 0.242 e. The molecule has 2 aromatic heterocycles. The number of imidazole rings is 1. The van der Waals surface area contributed by atoms with E-state index in [4.69, 9.17) is 0 Å². The lowest BCUT2D eigenvalue weighted by molar-refractivity contribution is -0.122. The van der Waals surface area contributed by atoms with E-state index in [1.165, 1.54) is 31.4 Å². The van der Waals surface area contributed by atoms with Crippen LogP contribution in [0.25, 0.3) is 5.82 Å². The molecule has 0 aliphatic heterocycles. The Kier molecular flexibility index (Phi) is 8.06. The first-order valence-corrected chi connectivity index (χ1v) is 12.0. The molecule has 0 bridgehead atoms. The maximum atomic E-state index is 13.3. The van der Waals surface area contributed by atoms with E-state index in [-0.39, 0.29) is 11.7 Å². The van der Waals surface area contributed by atoms with Crippen LogP contribution in [-0.2, 0) is 11.3 Å². The number of benzene rings is 1. The number of nitrogens with one attached hydrogen (secondary N) is 3. The second kappa shape index (κ2) is 11.6. The zero-order chi connectivity index (χ0) is 23.8. The molecule has 0 unspecified atom stereocenters. The van der Waals surface area contributed by atoms with Crippen molar-refractivity contribution in [3.05, 3.63) is 60.4 Å². The third kappa shape index (κ3) is 6.52. The maximum absolute atomic E-state index is 13.3. The van der Waals surface area contributed by atoms with Crippen LogP contribution in [0.3, 0.4) is 0 Å². The molecule has 1 aromatic carbocycles. The molecule has 3 aromatic rings. The van der Waals surface area contributed by atoms with Gasteiger partial charge >= 0.3 is 0 Å². The van der Waals surface area contributed by atoms with Gasteiger partial charge in [0, 0.05) is 31.5 Å². The number of halogens is 1. The Labute approximate surface area is 199 Å². The van der Waals surface area contributed by atoms with E-state index in [0.29, 0.717) is 36.6 Å². The Hall–Kier alpha value is -3.49. The van der Waals surface area contributed by atoms with Crippen molar-refractivity contribution < 1.29 is 9.18 Å². The van der Waals surface area contributed by atoms with Crippen molar-refractivity contribution in [1.82, 2.24) is 24.8 Å². The summed E-state index contributed by atoms with van der Waals surface area (Å²) in [6, 6.07) is 7.56. The predicted molar refractivity (Wildman–Crippen MR) is 130 cm³/mol. The van der Waals surface area contributed by atoms with Crippen LogP contribution >= 0.6 is 0 Å². The van der Waals surface area contributed by atoms with Gasteiger partial charge in [-0.3, -0.25) is 9.36 Å². The molecule has 1 aliphatic carbocycles. The van der Waals surface area contributed by atoms with Gasteiger partial charge in [0.05, 0.1) is 0 Å². The van der Waals surface area contributed by atoms with Crippen LogP contribution in [0.1, 0.15) is 51.0 Å². The monoisotopic (exact) mass is 465 g/mol. The molecule has 1 amide bonds. The number of hydrogen-bond acceptors (Lipinski definition) is 6. The summed E-state index contributed by atoms with van der Waals surface area (Å²) in [5.74, 6) is 1.83. The molecule has 1 saturated carbocycles. The van der Waals surface area contributed by atoms with Gasteiger partial charge in [0.25, 0.3) is 0 Å². The van der Waals surface area contributed by atoms with Gasteiger partial charge < -0.3 is 16.0 Å². The number of rotatable bonds is 10. The molecule has 1 atom stereocenters. The van der Waals surface area contributed by atoms with Crippen LogP contribution < -0.4 is 16.0 Å². The summed E-state index contributed by atoms with van der Waals surface area (Å²) in [7, 11) is 0. The summed E-state index contributed by atoms with van der Waals surface area (Å²) in [5, 5.41) is 9.55. The molecule has 8 nitrogen and oxygen atoms in total. The third-order valence-electron chi connectivity index (χ3n) is 6.13. The second-order valence-electron chi connectivity index (χ2n) is 8.72. The minimum Gasteiger partial charge on any atom is -0.358 e. The molecular formula is C25H32FN7O. The molecule has 3 N–H and O–H groups in total. The molecule has 2 heterocycles. The molecule has 34 heavy (non-hydrogen) atoms. The topological polar surface area (TPSA) is 96.8 Å². The third-order valence-corrected chi connectivity index (χ3v) is 6.13. The highest BCUT2D eigenvalue weighted by atomic mass is 19.1. The highest BCUT2D eigenvalue weighted by Crippen LogP contribution is 2.28. The minimum absolute atomic E-state index is 0.0947. The van der Waals surface area contributed by atoms with Crippen molar-refractivity contribution in [3.8, 4) is 5.82 Å². The van der Waals surface area contributed by atoms with Crippen LogP contribution in [-0.4, -0.2) is 38.0 Å². The largest absolute Gasteiger partial charge is 0.358 e. The average molecular weight is 466 g/mol. The van der Waals surface area contributed by atoms with Gasteiger partial charge in [-0.2, -0.15) is 9.97 Å². The lowest BCUT2D eigenvalue weighted by Crippen LogP contribution is -2.41. The molecule has 0 spiro atoms. The van der Waals surface area contributed by atoms with Crippen LogP contribution in [0, 0.1) is 11.7 Å². The molecule has 9 heteroatoms. The number of carbonyl (C=O) groups excluding carboxylic acids is 1. The first-order chi connectivity index (χ1) is 16.6. The zero-order valence-corrected chi connectivity index (χ0v) is 19.5. The van der Waals surface area contributed by atoms with Crippen molar-refractivity contribution in [2.24, 2.45) is 5.92 Å². The fourth-order valence-corrected chi connectivity index (χ4v) is 4.35. The van der Waals surface area contributed by atoms with Crippen LogP contribution in [0.2, 0.25) is 0 Å². The number of aromatic nitrogens is 4. The second-order valence-corrected chi connectivity index (χ2v) is 8.72. The molecule has 1 aliphatic rings. The van der Waals surface area contributed by atoms with E-state index in [9.17, 15) is 9.18 Å². The van der Waals surface area contributed by atoms with E-state index < -0.39 is 6.04 Å². The summed E-state index contributed by atoms with van der Waals surface area (Å²) in [6.07, 6.45) is 11.9. The Balaban J connectivity index is 1.53. The Morgan fingerprint density at radius 1 is 1.18 bits per heavy atom. The summed E-state index contributed by atoms with van der Waals surface area (Å²) >= 11 is 0. The smallest absolute Gasteiger partial charge is 0.242 e. The van der Waals surface area contributed by atoms with E-state index in [1.807, 2.05) is 19.2 Å². The minimum atomic E-state index is -0.441. The first-order valence-electron chi connectivity index (χ1n) is 12.0. The van der Waals surface area contributed by atoms with Crippen LogP contribution in [0.15, 0.2) is 49.1 Å².